The number of H-pyrrole nitrogens is 1. The van der Waals surface area contributed by atoms with Crippen molar-refractivity contribution in [3.8, 4) is 11.6 Å². The number of aryl methyl sites for hydroxylation is 1. The maximum absolute atomic E-state index is 12.2. The fraction of sp³-hybridized carbons (Fsp3) is 0.312. The minimum Gasteiger partial charge on any atom is -0.493 e. The number of aromatic nitrogens is 2. The molecule has 1 aromatic heterocycles. The Morgan fingerprint density at radius 2 is 2.26 bits per heavy atom. The summed E-state index contributed by atoms with van der Waals surface area (Å²) in [7, 11) is 0. The van der Waals surface area contributed by atoms with E-state index >= 15 is 0 Å². The highest BCUT2D eigenvalue weighted by Gasteiger charge is 2.25. The lowest BCUT2D eigenvalue weighted by molar-refractivity contribution is -0.128. The number of amides is 1. The lowest BCUT2D eigenvalue weighted by atomic mass is 10.0. The Labute approximate surface area is 132 Å². The highest BCUT2D eigenvalue weighted by molar-refractivity contribution is 5.81. The van der Waals surface area contributed by atoms with E-state index in [4.69, 9.17) is 4.74 Å². The first kappa shape index (κ1) is 15.1. The van der Waals surface area contributed by atoms with Crippen LogP contribution >= 0.6 is 0 Å². The fourth-order valence-corrected chi connectivity index (χ4v) is 2.54. The standard InChI is InChI=1S/C16H17N3O4/c20-14-9-15(21)19-13(18-14)7-8-17-16(22)12-6-5-10-3-1-2-4-11(10)23-12/h1-4,9,12H,5-8H2,(H,17,22)(H2,18,19,20,21)/t12-/m0/s1. The lowest BCUT2D eigenvalue weighted by Gasteiger charge is -2.25. The van der Waals surface area contributed by atoms with E-state index in [0.717, 1.165) is 23.8 Å². The Balaban J connectivity index is 1.53. The third-order valence-corrected chi connectivity index (χ3v) is 3.65. The van der Waals surface area contributed by atoms with E-state index in [2.05, 4.69) is 15.3 Å². The molecule has 0 saturated heterocycles. The first-order valence-electron chi connectivity index (χ1n) is 7.43. The van der Waals surface area contributed by atoms with Gasteiger partial charge >= 0.3 is 0 Å². The Hall–Kier alpha value is -2.83. The topological polar surface area (TPSA) is 104 Å². The van der Waals surface area contributed by atoms with Crippen molar-refractivity contribution < 1.29 is 14.6 Å². The number of carbonyl (C=O) groups is 1. The molecule has 1 aliphatic heterocycles. The molecular weight excluding hydrogens is 298 g/mol. The van der Waals surface area contributed by atoms with Crippen LogP contribution in [-0.4, -0.2) is 33.6 Å². The second-order valence-electron chi connectivity index (χ2n) is 5.34. The third-order valence-electron chi connectivity index (χ3n) is 3.65. The summed E-state index contributed by atoms with van der Waals surface area (Å²) in [5.74, 6) is 0.549. The molecule has 1 aliphatic rings. The molecule has 0 saturated carbocycles. The van der Waals surface area contributed by atoms with Gasteiger partial charge in [-0.1, -0.05) is 18.2 Å². The summed E-state index contributed by atoms with van der Waals surface area (Å²) in [6.07, 6.45) is 1.24. The van der Waals surface area contributed by atoms with Gasteiger partial charge in [-0.25, -0.2) is 4.98 Å². The molecule has 0 radical (unpaired) electrons. The van der Waals surface area contributed by atoms with E-state index in [1.807, 2.05) is 24.3 Å². The van der Waals surface area contributed by atoms with Crippen molar-refractivity contribution in [1.29, 1.82) is 0 Å². The molecule has 1 aromatic carbocycles. The van der Waals surface area contributed by atoms with Gasteiger partial charge < -0.3 is 20.1 Å². The normalized spacial score (nSPS) is 16.3. The molecule has 23 heavy (non-hydrogen) atoms. The number of ether oxygens (including phenoxy) is 1. The number of rotatable bonds is 4. The number of fused-ring (bicyclic) bond motifs is 1. The maximum Gasteiger partial charge on any atom is 0.261 e. The molecular formula is C16H17N3O4. The molecule has 0 bridgehead atoms. The molecule has 2 aromatic rings. The van der Waals surface area contributed by atoms with Crippen LogP contribution in [-0.2, 0) is 17.6 Å². The van der Waals surface area contributed by atoms with Crippen LogP contribution in [0.5, 0.6) is 11.6 Å². The van der Waals surface area contributed by atoms with Crippen molar-refractivity contribution >= 4 is 5.91 Å². The predicted octanol–water partition coefficient (Wildman–Crippen LogP) is 0.528. The van der Waals surface area contributed by atoms with Crippen molar-refractivity contribution in [2.24, 2.45) is 0 Å². The number of para-hydroxylation sites is 1. The summed E-state index contributed by atoms with van der Waals surface area (Å²) in [6.45, 7) is 0.298. The van der Waals surface area contributed by atoms with Gasteiger partial charge in [-0.3, -0.25) is 9.59 Å². The lowest BCUT2D eigenvalue weighted by Crippen LogP contribution is -2.41. The number of aromatic hydroxyl groups is 1. The summed E-state index contributed by atoms with van der Waals surface area (Å²) < 4.78 is 5.71. The molecule has 1 atom stereocenters. The van der Waals surface area contributed by atoms with Crippen LogP contribution in [0, 0.1) is 0 Å². The molecule has 0 spiro atoms. The maximum atomic E-state index is 12.2. The van der Waals surface area contributed by atoms with Crippen LogP contribution in [0.15, 0.2) is 35.1 Å². The molecule has 7 nitrogen and oxygen atoms in total. The summed E-state index contributed by atoms with van der Waals surface area (Å²) in [5.41, 5.74) is 0.684. The van der Waals surface area contributed by atoms with Gasteiger partial charge in [0, 0.05) is 13.0 Å². The molecule has 3 rings (SSSR count). The monoisotopic (exact) mass is 315 g/mol. The summed E-state index contributed by atoms with van der Waals surface area (Å²) >= 11 is 0. The number of hydrogen-bond acceptors (Lipinski definition) is 5. The van der Waals surface area contributed by atoms with Crippen molar-refractivity contribution in [3.63, 3.8) is 0 Å². The van der Waals surface area contributed by atoms with Crippen LogP contribution in [0.25, 0.3) is 0 Å². The average Bonchev–Trinajstić information content (AvgIpc) is 2.53. The number of benzene rings is 1. The van der Waals surface area contributed by atoms with Crippen LogP contribution in [0.3, 0.4) is 0 Å². The number of aromatic amines is 1. The van der Waals surface area contributed by atoms with Crippen molar-refractivity contribution in [2.45, 2.75) is 25.4 Å². The van der Waals surface area contributed by atoms with Crippen molar-refractivity contribution in [2.75, 3.05) is 6.54 Å². The van der Waals surface area contributed by atoms with Crippen molar-refractivity contribution in [1.82, 2.24) is 15.3 Å². The predicted molar refractivity (Wildman–Crippen MR) is 82.4 cm³/mol. The SMILES string of the molecule is O=C(NCCc1nc(O)cc(=O)[nH]1)[C@@H]1CCc2ccccc2O1. The van der Waals surface area contributed by atoms with E-state index in [9.17, 15) is 14.7 Å². The Bertz CT molecular complexity index is 772. The first-order valence-corrected chi connectivity index (χ1v) is 7.43. The Morgan fingerprint density at radius 1 is 1.43 bits per heavy atom. The Kier molecular flexibility index (Phi) is 4.27. The average molecular weight is 315 g/mol. The number of nitrogens with zero attached hydrogens (tertiary/aromatic N) is 1. The van der Waals surface area contributed by atoms with Gasteiger partial charge in [0.1, 0.15) is 11.6 Å². The second-order valence-corrected chi connectivity index (χ2v) is 5.34. The second kappa shape index (κ2) is 6.51. The third kappa shape index (κ3) is 3.68. The molecule has 1 amide bonds. The highest BCUT2D eigenvalue weighted by atomic mass is 16.5. The zero-order valence-corrected chi connectivity index (χ0v) is 12.4. The fourth-order valence-electron chi connectivity index (χ4n) is 2.54. The molecule has 0 fully saturated rings. The summed E-state index contributed by atoms with van der Waals surface area (Å²) in [6, 6.07) is 8.67. The van der Waals surface area contributed by atoms with E-state index in [1.54, 1.807) is 0 Å². The Morgan fingerprint density at radius 3 is 3.09 bits per heavy atom. The van der Waals surface area contributed by atoms with E-state index in [-0.39, 0.29) is 11.8 Å². The molecule has 3 N–H and O–H groups in total. The molecule has 0 unspecified atom stereocenters. The van der Waals surface area contributed by atoms with E-state index in [1.165, 1.54) is 0 Å². The highest BCUT2D eigenvalue weighted by Crippen LogP contribution is 2.26. The van der Waals surface area contributed by atoms with Crippen molar-refractivity contribution in [3.05, 3.63) is 52.1 Å². The summed E-state index contributed by atoms with van der Waals surface area (Å²) in [4.78, 5) is 29.7. The van der Waals surface area contributed by atoms with E-state index in [0.29, 0.717) is 25.2 Å². The van der Waals surface area contributed by atoms with Crippen LogP contribution in [0.2, 0.25) is 0 Å². The van der Waals surface area contributed by atoms with Gasteiger partial charge in [0.15, 0.2) is 6.10 Å². The zero-order valence-electron chi connectivity index (χ0n) is 12.4. The van der Waals surface area contributed by atoms with Gasteiger partial charge in [-0.2, -0.15) is 0 Å². The van der Waals surface area contributed by atoms with Gasteiger partial charge in [0.25, 0.3) is 11.5 Å². The van der Waals surface area contributed by atoms with Crippen LogP contribution < -0.4 is 15.6 Å². The smallest absolute Gasteiger partial charge is 0.261 e. The van der Waals surface area contributed by atoms with Gasteiger partial charge in [-0.15, -0.1) is 0 Å². The molecule has 2 heterocycles. The molecule has 120 valence electrons. The number of nitrogens with one attached hydrogen (secondary N) is 2. The zero-order chi connectivity index (χ0) is 16.2. The van der Waals surface area contributed by atoms with Gasteiger partial charge in [0.05, 0.1) is 6.07 Å². The van der Waals surface area contributed by atoms with Gasteiger partial charge in [0.2, 0.25) is 5.88 Å². The number of hydrogen-bond donors (Lipinski definition) is 3. The summed E-state index contributed by atoms with van der Waals surface area (Å²) in [5, 5.41) is 12.0. The molecule has 0 aliphatic carbocycles. The minimum atomic E-state index is -0.513. The first-order chi connectivity index (χ1) is 11.1. The largest absolute Gasteiger partial charge is 0.493 e. The molecule has 7 heteroatoms. The quantitative estimate of drug-likeness (QED) is 0.763. The van der Waals surface area contributed by atoms with Gasteiger partial charge in [-0.05, 0) is 24.5 Å². The number of carbonyl (C=O) groups excluding carboxylic acids is 1. The minimum absolute atomic E-state index is 0.193. The van der Waals surface area contributed by atoms with Crippen LogP contribution in [0.1, 0.15) is 17.8 Å². The van der Waals surface area contributed by atoms with Crippen LogP contribution in [0.4, 0.5) is 0 Å². The van der Waals surface area contributed by atoms with E-state index < -0.39 is 11.7 Å².